The Morgan fingerprint density at radius 2 is 1.84 bits per heavy atom. The zero-order valence-electron chi connectivity index (χ0n) is 11.8. The monoisotopic (exact) mass is 377 g/mol. The lowest BCUT2D eigenvalue weighted by Gasteiger charge is -2.14. The fraction of sp³-hybridized carbons (Fsp3) is 0.0714. The molecule has 0 saturated carbocycles. The average molecular weight is 378 g/mol. The molecular weight excluding hydrogens is 373 g/mol. The van der Waals surface area contributed by atoms with Crippen LogP contribution in [0.1, 0.15) is 5.69 Å². The zero-order chi connectivity index (χ0) is 18.5. The number of halogens is 6. The molecule has 0 aliphatic carbocycles. The molecule has 3 rings (SSSR count). The first-order valence-electron chi connectivity index (χ1n) is 6.48. The van der Waals surface area contributed by atoms with Crippen LogP contribution in [0.3, 0.4) is 0 Å². The van der Waals surface area contributed by atoms with E-state index >= 15 is 0 Å². The summed E-state index contributed by atoms with van der Waals surface area (Å²) in [5.74, 6) is -2.65. The molecule has 3 aromatic rings. The number of imidazole rings is 1. The molecule has 1 aromatic carbocycles. The normalized spacial score (nSPS) is 11.9. The third-order valence-electron chi connectivity index (χ3n) is 3.42. The van der Waals surface area contributed by atoms with Crippen LogP contribution in [-0.4, -0.2) is 14.3 Å². The second-order valence-corrected chi connectivity index (χ2v) is 5.32. The van der Waals surface area contributed by atoms with E-state index in [1.807, 2.05) is 0 Å². The van der Waals surface area contributed by atoms with Crippen LogP contribution in [0.4, 0.5) is 27.6 Å². The predicted octanol–water partition coefficient (Wildman–Crippen LogP) is 4.86. The third kappa shape index (κ3) is 2.78. The van der Waals surface area contributed by atoms with Crippen molar-refractivity contribution in [1.82, 2.24) is 9.38 Å². The average Bonchev–Trinajstić information content (AvgIpc) is 2.95. The molecule has 25 heavy (non-hydrogen) atoms. The second-order valence-electron chi connectivity index (χ2n) is 4.91. The smallest absolute Gasteiger partial charge is 0.295 e. The number of pyridine rings is 1. The number of nitrogens with zero attached hydrogens (tertiary/aromatic N) is 3. The van der Waals surface area contributed by atoms with Crippen molar-refractivity contribution in [2.45, 2.75) is 6.18 Å². The number of benzene rings is 1. The van der Waals surface area contributed by atoms with E-state index < -0.39 is 44.7 Å². The van der Waals surface area contributed by atoms with Gasteiger partial charge in [-0.15, -0.1) is 0 Å². The minimum atomic E-state index is -4.77. The Hall–Kier alpha value is -2.75. The summed E-state index contributed by atoms with van der Waals surface area (Å²) in [4.78, 5) is 13.5. The van der Waals surface area contributed by atoms with Crippen LogP contribution in [-0.2, 0) is 6.18 Å². The van der Waals surface area contributed by atoms with E-state index in [1.54, 1.807) is 0 Å². The standard InChI is InChI=1S/C14H5ClF5N3O2/c15-7-4-11(14(18,19)20)22-2-1-21-13(22)12(7)6-3-10(23(24)25)9(17)5-8(6)16/h1-5H. The summed E-state index contributed by atoms with van der Waals surface area (Å²) in [6.07, 6.45) is -2.76. The van der Waals surface area contributed by atoms with E-state index in [0.717, 1.165) is 12.4 Å². The van der Waals surface area contributed by atoms with Gasteiger partial charge in [0.15, 0.2) is 0 Å². The first-order chi connectivity index (χ1) is 11.6. The van der Waals surface area contributed by atoms with Gasteiger partial charge in [-0.25, -0.2) is 9.37 Å². The minimum absolute atomic E-state index is 0.265. The fourth-order valence-electron chi connectivity index (χ4n) is 2.39. The molecule has 0 spiro atoms. The van der Waals surface area contributed by atoms with Crippen LogP contribution in [0.15, 0.2) is 30.6 Å². The van der Waals surface area contributed by atoms with Gasteiger partial charge in [0.2, 0.25) is 5.82 Å². The number of hydrogen-bond acceptors (Lipinski definition) is 3. The summed E-state index contributed by atoms with van der Waals surface area (Å²) < 4.78 is 67.5. The van der Waals surface area contributed by atoms with E-state index in [-0.39, 0.29) is 17.3 Å². The van der Waals surface area contributed by atoms with Gasteiger partial charge in [0.05, 0.1) is 9.95 Å². The molecule has 0 aliphatic heterocycles. The van der Waals surface area contributed by atoms with Crippen molar-refractivity contribution < 1.29 is 26.9 Å². The first kappa shape index (κ1) is 17.1. The molecule has 0 radical (unpaired) electrons. The number of nitro benzene ring substituents is 1. The van der Waals surface area contributed by atoms with Crippen molar-refractivity contribution in [3.05, 3.63) is 63.1 Å². The van der Waals surface area contributed by atoms with Crippen molar-refractivity contribution in [2.24, 2.45) is 0 Å². The van der Waals surface area contributed by atoms with Crippen LogP contribution in [0.5, 0.6) is 0 Å². The lowest BCUT2D eigenvalue weighted by atomic mass is 10.0. The molecule has 2 heterocycles. The number of rotatable bonds is 2. The lowest BCUT2D eigenvalue weighted by molar-refractivity contribution is -0.387. The van der Waals surface area contributed by atoms with Gasteiger partial charge in [-0.2, -0.15) is 17.6 Å². The molecule has 0 fully saturated rings. The number of alkyl halides is 3. The molecule has 5 nitrogen and oxygen atoms in total. The van der Waals surface area contributed by atoms with Gasteiger partial charge in [0.1, 0.15) is 17.2 Å². The Kier molecular flexibility index (Phi) is 3.87. The first-order valence-corrected chi connectivity index (χ1v) is 6.85. The van der Waals surface area contributed by atoms with Gasteiger partial charge in [-0.3, -0.25) is 14.5 Å². The van der Waals surface area contributed by atoms with Crippen LogP contribution in [0, 0.1) is 21.7 Å². The highest BCUT2D eigenvalue weighted by Crippen LogP contribution is 2.40. The molecular formula is C14H5ClF5N3O2. The summed E-state index contributed by atoms with van der Waals surface area (Å²) in [5, 5.41) is 10.3. The van der Waals surface area contributed by atoms with E-state index in [9.17, 15) is 32.1 Å². The second kappa shape index (κ2) is 5.66. The highest BCUT2D eigenvalue weighted by atomic mass is 35.5. The molecule has 11 heteroatoms. The minimum Gasteiger partial charge on any atom is -0.295 e. The Morgan fingerprint density at radius 1 is 1.16 bits per heavy atom. The summed E-state index contributed by atoms with van der Waals surface area (Å²) in [6, 6.07) is 1.37. The molecule has 130 valence electrons. The number of aromatic nitrogens is 2. The molecule has 0 bridgehead atoms. The topological polar surface area (TPSA) is 60.4 Å². The van der Waals surface area contributed by atoms with Crippen LogP contribution in [0.25, 0.3) is 16.8 Å². The summed E-state index contributed by atoms with van der Waals surface area (Å²) in [5.41, 5.74) is -3.44. The Labute approximate surface area is 140 Å². The number of hydrogen-bond donors (Lipinski definition) is 0. The zero-order valence-corrected chi connectivity index (χ0v) is 12.6. The molecule has 2 aromatic heterocycles. The predicted molar refractivity (Wildman–Crippen MR) is 77.2 cm³/mol. The highest BCUT2D eigenvalue weighted by molar-refractivity contribution is 6.34. The maximum absolute atomic E-state index is 14.1. The van der Waals surface area contributed by atoms with E-state index in [4.69, 9.17) is 11.6 Å². The largest absolute Gasteiger partial charge is 0.431 e. The van der Waals surface area contributed by atoms with Crippen LogP contribution >= 0.6 is 11.6 Å². The van der Waals surface area contributed by atoms with Crippen molar-refractivity contribution >= 4 is 22.9 Å². The van der Waals surface area contributed by atoms with Gasteiger partial charge in [0, 0.05) is 35.7 Å². The summed E-state index contributed by atoms with van der Waals surface area (Å²) in [6.45, 7) is 0. The van der Waals surface area contributed by atoms with Crippen molar-refractivity contribution in [3.63, 3.8) is 0 Å². The van der Waals surface area contributed by atoms with Crippen molar-refractivity contribution in [2.75, 3.05) is 0 Å². The maximum atomic E-state index is 14.1. The SMILES string of the molecule is O=[N+]([O-])c1cc(-c2c(Cl)cc(C(F)(F)F)n3ccnc23)c(F)cc1F. The summed E-state index contributed by atoms with van der Waals surface area (Å²) >= 11 is 5.87. The number of fused-ring (bicyclic) bond motifs is 1. The van der Waals surface area contributed by atoms with E-state index in [1.165, 1.54) is 0 Å². The van der Waals surface area contributed by atoms with Gasteiger partial charge >= 0.3 is 11.9 Å². The molecule has 0 unspecified atom stereocenters. The van der Waals surface area contributed by atoms with Gasteiger partial charge in [-0.05, 0) is 6.07 Å². The summed E-state index contributed by atoms with van der Waals surface area (Å²) in [7, 11) is 0. The van der Waals surface area contributed by atoms with Crippen LogP contribution in [0.2, 0.25) is 5.02 Å². The Morgan fingerprint density at radius 3 is 2.44 bits per heavy atom. The third-order valence-corrected chi connectivity index (χ3v) is 3.72. The van der Waals surface area contributed by atoms with Crippen molar-refractivity contribution in [3.8, 4) is 11.1 Å². The molecule has 0 atom stereocenters. The van der Waals surface area contributed by atoms with Crippen LogP contribution < -0.4 is 0 Å². The van der Waals surface area contributed by atoms with Gasteiger partial charge < -0.3 is 0 Å². The Balaban J connectivity index is 2.39. The lowest BCUT2D eigenvalue weighted by Crippen LogP contribution is -2.12. The van der Waals surface area contributed by atoms with Gasteiger partial charge in [0.25, 0.3) is 0 Å². The maximum Gasteiger partial charge on any atom is 0.431 e. The molecule has 0 amide bonds. The van der Waals surface area contributed by atoms with Crippen molar-refractivity contribution in [1.29, 1.82) is 0 Å². The van der Waals surface area contributed by atoms with Gasteiger partial charge in [-0.1, -0.05) is 11.6 Å². The molecule has 0 N–H and O–H groups in total. The number of nitro groups is 1. The quantitative estimate of drug-likeness (QED) is 0.364. The highest BCUT2D eigenvalue weighted by Gasteiger charge is 2.35. The molecule has 0 aliphatic rings. The van der Waals surface area contributed by atoms with E-state index in [0.29, 0.717) is 16.5 Å². The fourth-order valence-corrected chi connectivity index (χ4v) is 2.68. The Bertz CT molecular complexity index is 1020. The molecule has 0 saturated heterocycles. The van der Waals surface area contributed by atoms with E-state index in [2.05, 4.69) is 4.98 Å².